The van der Waals surface area contributed by atoms with Crippen LogP contribution in [0.5, 0.6) is 5.75 Å². The lowest BCUT2D eigenvalue weighted by molar-refractivity contribution is 0.356. The Bertz CT molecular complexity index is 977. The summed E-state index contributed by atoms with van der Waals surface area (Å²) in [7, 11) is -2.26. The van der Waals surface area contributed by atoms with Gasteiger partial charge in [-0.1, -0.05) is 19.9 Å². The monoisotopic (exact) mass is 492 g/mol. The van der Waals surface area contributed by atoms with Crippen LogP contribution < -0.4 is 14.8 Å². The van der Waals surface area contributed by atoms with Gasteiger partial charge in [0.15, 0.2) is 11.6 Å². The van der Waals surface area contributed by atoms with E-state index in [1.54, 1.807) is 13.0 Å². The van der Waals surface area contributed by atoms with Crippen LogP contribution in [0.1, 0.15) is 32.3 Å². The van der Waals surface area contributed by atoms with Gasteiger partial charge in [-0.05, 0) is 37.5 Å². The zero-order chi connectivity index (χ0) is 24.1. The minimum absolute atomic E-state index is 0.0960. The van der Waals surface area contributed by atoms with Crippen LogP contribution in [0.25, 0.3) is 0 Å². The van der Waals surface area contributed by atoms with E-state index < -0.39 is 53.4 Å². The first kappa shape index (κ1) is 26.4. The van der Waals surface area contributed by atoms with E-state index in [1.165, 1.54) is 19.2 Å². The molecular formula is C21H28F3N2O4PS. The maximum Gasteiger partial charge on any atom is 0.184 e. The number of anilines is 3. The van der Waals surface area contributed by atoms with Crippen molar-refractivity contribution in [2.24, 2.45) is 0 Å². The minimum atomic E-state index is -1.80. The van der Waals surface area contributed by atoms with E-state index in [-0.39, 0.29) is 23.3 Å². The van der Waals surface area contributed by atoms with Gasteiger partial charge in [-0.25, -0.2) is 17.4 Å². The van der Waals surface area contributed by atoms with Crippen LogP contribution in [-0.4, -0.2) is 38.6 Å². The second kappa shape index (κ2) is 11.3. The molecule has 2 aromatic rings. The molecule has 0 aliphatic heterocycles. The van der Waals surface area contributed by atoms with Crippen LogP contribution in [-0.2, 0) is 11.0 Å². The lowest BCUT2D eigenvalue weighted by Crippen LogP contribution is -2.27. The van der Waals surface area contributed by atoms with E-state index in [1.807, 2.05) is 13.8 Å². The van der Waals surface area contributed by atoms with Crippen LogP contribution in [0.4, 0.5) is 30.2 Å². The largest absolute Gasteiger partial charge is 0.494 e. The Balaban J connectivity index is 0.00000176. The van der Waals surface area contributed by atoms with Gasteiger partial charge in [0.25, 0.3) is 0 Å². The van der Waals surface area contributed by atoms with Crippen molar-refractivity contribution in [2.45, 2.75) is 38.4 Å². The average Bonchev–Trinajstić information content (AvgIpc) is 3.56. The third-order valence-electron chi connectivity index (χ3n) is 4.82. The van der Waals surface area contributed by atoms with Crippen molar-refractivity contribution < 1.29 is 32.1 Å². The second-order valence-corrected chi connectivity index (χ2v) is 10.3. The van der Waals surface area contributed by atoms with Gasteiger partial charge in [-0.2, -0.15) is 0 Å². The third-order valence-corrected chi connectivity index (χ3v) is 8.06. The summed E-state index contributed by atoms with van der Waals surface area (Å²) in [5.74, 6) is -3.31. The highest BCUT2D eigenvalue weighted by Crippen LogP contribution is 2.51. The van der Waals surface area contributed by atoms with Crippen molar-refractivity contribution in [1.82, 2.24) is 0 Å². The Labute approximate surface area is 189 Å². The van der Waals surface area contributed by atoms with E-state index in [2.05, 4.69) is 10.0 Å². The molecule has 1 aliphatic rings. The predicted molar refractivity (Wildman–Crippen MR) is 123 cm³/mol. The van der Waals surface area contributed by atoms with Crippen molar-refractivity contribution in [3.8, 4) is 5.75 Å². The van der Waals surface area contributed by atoms with E-state index in [9.17, 15) is 22.3 Å². The smallest absolute Gasteiger partial charge is 0.184 e. The fraction of sp³-hybridized carbons (Fsp3) is 0.429. The van der Waals surface area contributed by atoms with Gasteiger partial charge in [-0.15, -0.1) is 0 Å². The summed E-state index contributed by atoms with van der Waals surface area (Å²) in [5.41, 5.74) is -0.0319. The van der Waals surface area contributed by atoms with Gasteiger partial charge in [0.1, 0.15) is 33.9 Å². The van der Waals surface area contributed by atoms with Crippen LogP contribution in [0.3, 0.4) is 0 Å². The maximum atomic E-state index is 14.7. The molecule has 0 saturated heterocycles. The van der Waals surface area contributed by atoms with Crippen molar-refractivity contribution >= 4 is 36.2 Å². The summed E-state index contributed by atoms with van der Waals surface area (Å²) >= 11 is 0. The van der Waals surface area contributed by atoms with E-state index >= 15 is 0 Å². The van der Waals surface area contributed by atoms with E-state index in [0.717, 1.165) is 6.07 Å². The fourth-order valence-corrected chi connectivity index (χ4v) is 6.04. The Kier molecular flexibility index (Phi) is 9.33. The van der Waals surface area contributed by atoms with Crippen molar-refractivity contribution in [3.05, 3.63) is 47.3 Å². The molecule has 0 aromatic heterocycles. The minimum Gasteiger partial charge on any atom is -0.494 e. The first-order valence-electron chi connectivity index (χ1n) is 10.0. The molecule has 32 heavy (non-hydrogen) atoms. The van der Waals surface area contributed by atoms with Gasteiger partial charge >= 0.3 is 0 Å². The highest BCUT2D eigenvalue weighted by Gasteiger charge is 2.50. The number of aryl methyl sites for hydroxylation is 1. The number of benzene rings is 2. The molecule has 1 aliphatic carbocycles. The fourth-order valence-electron chi connectivity index (χ4n) is 2.96. The third kappa shape index (κ3) is 5.92. The molecule has 2 atom stereocenters. The molecular weight excluding hydrogens is 464 g/mol. The molecule has 2 unspecified atom stereocenters. The van der Waals surface area contributed by atoms with E-state index in [4.69, 9.17) is 9.84 Å². The number of hydrogen-bond acceptors (Lipinski definition) is 5. The quantitative estimate of drug-likeness (QED) is 0.364. The number of aliphatic hydroxyl groups is 1. The highest BCUT2D eigenvalue weighted by atomic mass is 32.2. The van der Waals surface area contributed by atoms with Crippen molar-refractivity contribution in [2.75, 3.05) is 29.7 Å². The summed E-state index contributed by atoms with van der Waals surface area (Å²) in [6, 6.07) is 5.02. The lowest BCUT2D eigenvalue weighted by atomic mass is 10.2. The molecule has 1 fully saturated rings. The van der Waals surface area contributed by atoms with Crippen molar-refractivity contribution in [3.63, 3.8) is 0 Å². The average molecular weight is 493 g/mol. The molecule has 3 rings (SSSR count). The summed E-state index contributed by atoms with van der Waals surface area (Å²) < 4.78 is 63.1. The molecule has 2 aromatic carbocycles. The number of halogens is 3. The summed E-state index contributed by atoms with van der Waals surface area (Å²) in [6.07, 6.45) is 0.794. The Morgan fingerprint density at radius 2 is 1.81 bits per heavy atom. The van der Waals surface area contributed by atoms with Gasteiger partial charge in [0, 0.05) is 12.2 Å². The van der Waals surface area contributed by atoms with Gasteiger partial charge < -0.3 is 20.1 Å². The summed E-state index contributed by atoms with van der Waals surface area (Å²) in [4.78, 5) is 9.80. The molecule has 0 spiro atoms. The number of hydrogen-bond donors (Lipinski definition) is 4. The lowest BCUT2D eigenvalue weighted by Gasteiger charge is -2.22. The van der Waals surface area contributed by atoms with Crippen LogP contribution in [0, 0.1) is 24.4 Å². The molecule has 0 heterocycles. The molecule has 178 valence electrons. The molecule has 0 bridgehead atoms. The highest BCUT2D eigenvalue weighted by molar-refractivity contribution is 7.88. The molecule has 0 radical (unpaired) electrons. The number of methoxy groups -OCH3 is 1. The number of ether oxygens (including phenoxy) is 1. The van der Waals surface area contributed by atoms with Crippen LogP contribution in [0.15, 0.2) is 24.3 Å². The van der Waals surface area contributed by atoms with Gasteiger partial charge in [0.05, 0.1) is 32.0 Å². The Hall–Kier alpha value is -1.87. The molecule has 11 heteroatoms. The maximum absolute atomic E-state index is 14.7. The predicted octanol–water partition coefficient (Wildman–Crippen LogP) is 5.14. The molecule has 1 saturated carbocycles. The SMILES string of the molecule is CC.COc1cc(F)c(F)c(Nc2ccc(C)cc2F)c1NS(=O)C1(CP(O)CO)CC1. The normalized spacial score (nSPS) is 15.8. The van der Waals surface area contributed by atoms with Crippen LogP contribution >= 0.6 is 8.15 Å². The number of rotatable bonds is 9. The summed E-state index contributed by atoms with van der Waals surface area (Å²) in [6.45, 7) is 5.69. The first-order valence-corrected chi connectivity index (χ1v) is 12.8. The standard InChI is InChI=1S/C19H22F3N2O4PS.C2H6/c1-11-3-4-14(12(20)7-11)23-18-16(22)13(21)8-15(28-2)17(18)24-30(27)19(5-6-19)9-29(26)10-25;1-2/h3-4,7-8,23-26H,5-6,9-10H2,1-2H3;1-2H3. The van der Waals surface area contributed by atoms with Gasteiger partial charge in [-0.3, -0.25) is 4.72 Å². The van der Waals surface area contributed by atoms with Crippen LogP contribution in [0.2, 0.25) is 0 Å². The Morgan fingerprint density at radius 3 is 2.34 bits per heavy atom. The molecule has 6 nitrogen and oxygen atoms in total. The second-order valence-electron chi connectivity index (χ2n) is 7.09. The van der Waals surface area contributed by atoms with E-state index in [0.29, 0.717) is 18.4 Å². The first-order chi connectivity index (χ1) is 15.2. The van der Waals surface area contributed by atoms with Crippen molar-refractivity contribution in [1.29, 1.82) is 0 Å². The van der Waals surface area contributed by atoms with Gasteiger partial charge in [0.2, 0.25) is 0 Å². The Morgan fingerprint density at radius 1 is 1.16 bits per heavy atom. The molecule has 4 N–H and O–H groups in total. The topological polar surface area (TPSA) is 90.8 Å². The zero-order valence-corrected chi connectivity index (χ0v) is 20.0. The molecule has 0 amide bonds. The summed E-state index contributed by atoms with van der Waals surface area (Å²) in [5, 5.41) is 11.6. The number of nitrogens with one attached hydrogen (secondary N) is 2. The number of aliphatic hydroxyl groups excluding tert-OH is 1. The zero-order valence-electron chi connectivity index (χ0n) is 18.3.